The Balaban J connectivity index is 1.91. The van der Waals surface area contributed by atoms with Crippen molar-refractivity contribution in [3.05, 3.63) is 0 Å². The Morgan fingerprint density at radius 3 is 2.50 bits per heavy atom. The minimum atomic E-state index is 0.896. The molecule has 1 nitrogen and oxygen atoms in total. The Hall–Kier alpha value is -0.0400. The standard InChI is InChI=1S/C9H17N/c10-6-8-2-1-3-9(8)7-4-5-7/h7-9H,1-6,10H2/t8-,9+/m1/s1. The maximum Gasteiger partial charge on any atom is -0.00461 e. The van der Waals surface area contributed by atoms with Gasteiger partial charge in [0.1, 0.15) is 0 Å². The summed E-state index contributed by atoms with van der Waals surface area (Å²) in [5.41, 5.74) is 5.69. The summed E-state index contributed by atoms with van der Waals surface area (Å²) in [6.07, 6.45) is 7.34. The molecule has 0 aromatic heterocycles. The van der Waals surface area contributed by atoms with Crippen LogP contribution in [0.3, 0.4) is 0 Å². The summed E-state index contributed by atoms with van der Waals surface area (Å²) in [7, 11) is 0. The summed E-state index contributed by atoms with van der Waals surface area (Å²) >= 11 is 0. The SMILES string of the molecule is NC[C@H]1CCC[C@H]1C1CC1. The summed E-state index contributed by atoms with van der Waals surface area (Å²) in [5, 5.41) is 0. The van der Waals surface area contributed by atoms with Crippen LogP contribution in [0, 0.1) is 17.8 Å². The molecule has 1 heteroatoms. The first kappa shape index (κ1) is 6.66. The van der Waals surface area contributed by atoms with Crippen molar-refractivity contribution in [1.29, 1.82) is 0 Å². The van der Waals surface area contributed by atoms with Crippen molar-refractivity contribution < 1.29 is 0 Å². The van der Waals surface area contributed by atoms with Gasteiger partial charge in [-0.2, -0.15) is 0 Å². The van der Waals surface area contributed by atoms with Gasteiger partial charge in [0.15, 0.2) is 0 Å². The molecule has 0 bridgehead atoms. The second kappa shape index (κ2) is 2.54. The smallest absolute Gasteiger partial charge is 0.00461 e. The summed E-state index contributed by atoms with van der Waals surface area (Å²) in [6, 6.07) is 0. The molecular formula is C9H17N. The largest absolute Gasteiger partial charge is 0.330 e. The van der Waals surface area contributed by atoms with Crippen LogP contribution in [0.1, 0.15) is 32.1 Å². The maximum atomic E-state index is 5.69. The van der Waals surface area contributed by atoms with Crippen molar-refractivity contribution in [1.82, 2.24) is 0 Å². The average molecular weight is 139 g/mol. The molecule has 0 saturated heterocycles. The molecule has 0 aliphatic heterocycles. The molecular weight excluding hydrogens is 122 g/mol. The van der Waals surface area contributed by atoms with Crippen molar-refractivity contribution in [3.63, 3.8) is 0 Å². The highest BCUT2D eigenvalue weighted by atomic mass is 14.6. The first-order chi connectivity index (χ1) is 4.92. The van der Waals surface area contributed by atoms with Crippen molar-refractivity contribution in [2.45, 2.75) is 32.1 Å². The predicted molar refractivity (Wildman–Crippen MR) is 42.6 cm³/mol. The highest BCUT2D eigenvalue weighted by Crippen LogP contribution is 2.47. The van der Waals surface area contributed by atoms with Crippen LogP contribution >= 0.6 is 0 Å². The Labute approximate surface area is 63.0 Å². The van der Waals surface area contributed by atoms with E-state index in [1.54, 1.807) is 0 Å². The molecule has 2 aliphatic rings. The fraction of sp³-hybridized carbons (Fsp3) is 1.00. The van der Waals surface area contributed by atoms with Gasteiger partial charge in [-0.1, -0.05) is 6.42 Å². The van der Waals surface area contributed by atoms with Gasteiger partial charge in [-0.05, 0) is 50.0 Å². The van der Waals surface area contributed by atoms with Crippen LogP contribution in [0.4, 0.5) is 0 Å². The Bertz CT molecular complexity index is 118. The molecule has 0 amide bonds. The second-order valence-electron chi connectivity index (χ2n) is 3.93. The molecule has 0 spiro atoms. The van der Waals surface area contributed by atoms with E-state index >= 15 is 0 Å². The van der Waals surface area contributed by atoms with Gasteiger partial charge >= 0.3 is 0 Å². The van der Waals surface area contributed by atoms with Gasteiger partial charge in [-0.25, -0.2) is 0 Å². The van der Waals surface area contributed by atoms with E-state index in [-0.39, 0.29) is 0 Å². The van der Waals surface area contributed by atoms with Crippen LogP contribution in [0.25, 0.3) is 0 Å². The number of nitrogens with two attached hydrogens (primary N) is 1. The molecule has 0 heterocycles. The highest BCUT2D eigenvalue weighted by Gasteiger charge is 2.38. The van der Waals surface area contributed by atoms with E-state index in [2.05, 4.69) is 0 Å². The second-order valence-corrected chi connectivity index (χ2v) is 3.93. The fourth-order valence-corrected chi connectivity index (χ4v) is 2.50. The zero-order chi connectivity index (χ0) is 6.97. The molecule has 0 unspecified atom stereocenters. The van der Waals surface area contributed by atoms with E-state index in [1.807, 2.05) is 0 Å². The summed E-state index contributed by atoms with van der Waals surface area (Å²) < 4.78 is 0. The van der Waals surface area contributed by atoms with E-state index in [9.17, 15) is 0 Å². The third-order valence-corrected chi connectivity index (χ3v) is 3.25. The summed E-state index contributed by atoms with van der Waals surface area (Å²) in [6.45, 7) is 0.946. The van der Waals surface area contributed by atoms with Gasteiger partial charge < -0.3 is 5.73 Å². The number of hydrogen-bond acceptors (Lipinski definition) is 1. The topological polar surface area (TPSA) is 26.0 Å². The molecule has 2 atom stereocenters. The number of rotatable bonds is 2. The lowest BCUT2D eigenvalue weighted by atomic mass is 9.92. The highest BCUT2D eigenvalue weighted by molar-refractivity contribution is 4.89. The molecule has 2 fully saturated rings. The quantitative estimate of drug-likeness (QED) is 0.620. The fourth-order valence-electron chi connectivity index (χ4n) is 2.50. The first-order valence-electron chi connectivity index (χ1n) is 4.62. The zero-order valence-electron chi connectivity index (χ0n) is 6.55. The minimum absolute atomic E-state index is 0.896. The van der Waals surface area contributed by atoms with Crippen LogP contribution in [-0.2, 0) is 0 Å². The zero-order valence-corrected chi connectivity index (χ0v) is 6.55. The Kier molecular flexibility index (Phi) is 1.69. The minimum Gasteiger partial charge on any atom is -0.330 e. The molecule has 10 heavy (non-hydrogen) atoms. The lowest BCUT2D eigenvalue weighted by Gasteiger charge is -2.16. The molecule has 2 N–H and O–H groups in total. The van der Waals surface area contributed by atoms with Crippen molar-refractivity contribution in [2.75, 3.05) is 6.54 Å². The van der Waals surface area contributed by atoms with Gasteiger partial charge in [-0.3, -0.25) is 0 Å². The lowest BCUT2D eigenvalue weighted by Crippen LogP contribution is -2.19. The van der Waals surface area contributed by atoms with Gasteiger partial charge in [0.05, 0.1) is 0 Å². The summed E-state index contributed by atoms with van der Waals surface area (Å²) in [4.78, 5) is 0. The van der Waals surface area contributed by atoms with E-state index < -0.39 is 0 Å². The first-order valence-corrected chi connectivity index (χ1v) is 4.62. The monoisotopic (exact) mass is 139 g/mol. The van der Waals surface area contributed by atoms with E-state index in [4.69, 9.17) is 5.73 Å². The Morgan fingerprint density at radius 1 is 1.10 bits per heavy atom. The molecule has 58 valence electrons. The van der Waals surface area contributed by atoms with Gasteiger partial charge in [0.2, 0.25) is 0 Å². The van der Waals surface area contributed by atoms with E-state index in [0.717, 1.165) is 24.3 Å². The van der Waals surface area contributed by atoms with Crippen molar-refractivity contribution >= 4 is 0 Å². The third-order valence-electron chi connectivity index (χ3n) is 3.25. The van der Waals surface area contributed by atoms with Crippen LogP contribution in [0.5, 0.6) is 0 Å². The van der Waals surface area contributed by atoms with E-state index in [1.165, 1.54) is 32.1 Å². The van der Waals surface area contributed by atoms with Crippen molar-refractivity contribution in [2.24, 2.45) is 23.5 Å². The third kappa shape index (κ3) is 1.07. The van der Waals surface area contributed by atoms with E-state index in [0.29, 0.717) is 0 Å². The van der Waals surface area contributed by atoms with Crippen molar-refractivity contribution in [3.8, 4) is 0 Å². The molecule has 0 aromatic carbocycles. The van der Waals surface area contributed by atoms with Gasteiger partial charge in [-0.15, -0.1) is 0 Å². The summed E-state index contributed by atoms with van der Waals surface area (Å²) in [5.74, 6) is 3.02. The molecule has 2 saturated carbocycles. The normalized spacial score (nSPS) is 40.5. The molecule has 2 rings (SSSR count). The molecule has 2 aliphatic carbocycles. The maximum absolute atomic E-state index is 5.69. The number of hydrogen-bond donors (Lipinski definition) is 1. The van der Waals surface area contributed by atoms with Crippen LogP contribution in [0.15, 0.2) is 0 Å². The van der Waals surface area contributed by atoms with Gasteiger partial charge in [0, 0.05) is 0 Å². The molecule has 0 aromatic rings. The van der Waals surface area contributed by atoms with Crippen LogP contribution in [0.2, 0.25) is 0 Å². The molecule has 0 radical (unpaired) electrons. The average Bonchev–Trinajstić information content (AvgIpc) is 2.69. The van der Waals surface area contributed by atoms with Gasteiger partial charge in [0.25, 0.3) is 0 Å². The van der Waals surface area contributed by atoms with Crippen LogP contribution < -0.4 is 5.73 Å². The predicted octanol–water partition coefficient (Wildman–Crippen LogP) is 1.77. The lowest BCUT2D eigenvalue weighted by molar-refractivity contribution is 0.353. The Morgan fingerprint density at radius 2 is 1.90 bits per heavy atom. The van der Waals surface area contributed by atoms with Crippen LogP contribution in [-0.4, -0.2) is 6.54 Å².